The number of ether oxygens (including phenoxy) is 2. The SMILES string of the molecule is CC(C)=NOCCCOc1c(C)cc(OC/C=C(\Cl)Br)cc1Cl. The average molecular weight is 425 g/mol. The number of halogens is 3. The molecule has 0 bridgehead atoms. The van der Waals surface area contributed by atoms with Crippen molar-refractivity contribution in [1.29, 1.82) is 0 Å². The first kappa shape index (κ1) is 20.1. The highest BCUT2D eigenvalue weighted by atomic mass is 79.9. The summed E-state index contributed by atoms with van der Waals surface area (Å²) in [6, 6.07) is 3.60. The van der Waals surface area contributed by atoms with E-state index in [1.807, 2.05) is 26.8 Å². The Morgan fingerprint density at radius 3 is 2.61 bits per heavy atom. The molecule has 0 saturated carbocycles. The second-order valence-electron chi connectivity index (χ2n) is 4.93. The van der Waals surface area contributed by atoms with Crippen LogP contribution in [0.5, 0.6) is 11.5 Å². The van der Waals surface area contributed by atoms with E-state index in [0.29, 0.717) is 40.3 Å². The van der Waals surface area contributed by atoms with E-state index < -0.39 is 0 Å². The Kier molecular flexibility index (Phi) is 9.44. The molecule has 128 valence electrons. The molecular formula is C16H20BrCl2NO3. The molecule has 1 aromatic rings. The summed E-state index contributed by atoms with van der Waals surface area (Å²) < 4.78 is 11.8. The highest BCUT2D eigenvalue weighted by Crippen LogP contribution is 2.33. The van der Waals surface area contributed by atoms with Gasteiger partial charge in [0.15, 0.2) is 0 Å². The van der Waals surface area contributed by atoms with Crippen molar-refractivity contribution >= 4 is 44.8 Å². The van der Waals surface area contributed by atoms with E-state index in [0.717, 1.165) is 17.7 Å². The topological polar surface area (TPSA) is 40.0 Å². The monoisotopic (exact) mass is 423 g/mol. The fourth-order valence-corrected chi connectivity index (χ4v) is 2.15. The van der Waals surface area contributed by atoms with Gasteiger partial charge in [-0.1, -0.05) is 28.4 Å². The van der Waals surface area contributed by atoms with Gasteiger partial charge in [-0.15, -0.1) is 0 Å². The molecule has 7 heteroatoms. The number of hydrogen-bond acceptors (Lipinski definition) is 4. The van der Waals surface area contributed by atoms with Crippen molar-refractivity contribution in [3.8, 4) is 11.5 Å². The van der Waals surface area contributed by atoms with Crippen molar-refractivity contribution in [2.45, 2.75) is 27.2 Å². The number of hydrogen-bond donors (Lipinski definition) is 0. The van der Waals surface area contributed by atoms with Crippen molar-refractivity contribution < 1.29 is 14.3 Å². The summed E-state index contributed by atoms with van der Waals surface area (Å²) in [5.41, 5.74) is 1.79. The molecule has 0 atom stereocenters. The molecule has 0 amide bonds. The van der Waals surface area contributed by atoms with Crippen molar-refractivity contribution in [1.82, 2.24) is 0 Å². The Balaban J connectivity index is 2.50. The van der Waals surface area contributed by atoms with Gasteiger partial charge >= 0.3 is 0 Å². The molecule has 0 aliphatic carbocycles. The molecule has 23 heavy (non-hydrogen) atoms. The van der Waals surface area contributed by atoms with Crippen molar-refractivity contribution in [2.75, 3.05) is 19.8 Å². The van der Waals surface area contributed by atoms with Gasteiger partial charge in [0.05, 0.1) is 21.3 Å². The second kappa shape index (κ2) is 10.8. The zero-order chi connectivity index (χ0) is 17.2. The largest absolute Gasteiger partial charge is 0.492 e. The number of rotatable bonds is 9. The van der Waals surface area contributed by atoms with Crippen LogP contribution in [0.25, 0.3) is 0 Å². The van der Waals surface area contributed by atoms with E-state index in [2.05, 4.69) is 21.1 Å². The van der Waals surface area contributed by atoms with Crippen LogP contribution in [0, 0.1) is 6.92 Å². The summed E-state index contributed by atoms with van der Waals surface area (Å²) in [5, 5.41) is 4.37. The van der Waals surface area contributed by atoms with Crippen LogP contribution in [-0.2, 0) is 4.84 Å². The van der Waals surface area contributed by atoms with E-state index in [1.54, 1.807) is 12.1 Å². The van der Waals surface area contributed by atoms with E-state index >= 15 is 0 Å². The predicted octanol–water partition coefficient (Wildman–Crippen LogP) is 5.68. The van der Waals surface area contributed by atoms with Crippen LogP contribution in [0.2, 0.25) is 5.02 Å². The molecule has 0 unspecified atom stereocenters. The third-order valence-corrected chi connectivity index (χ3v) is 3.32. The summed E-state index contributed by atoms with van der Waals surface area (Å²) in [7, 11) is 0. The van der Waals surface area contributed by atoms with Gasteiger partial charge in [0.2, 0.25) is 0 Å². The first-order chi connectivity index (χ1) is 10.9. The molecule has 0 saturated heterocycles. The maximum absolute atomic E-state index is 6.25. The first-order valence-electron chi connectivity index (χ1n) is 7.10. The van der Waals surface area contributed by atoms with Crippen LogP contribution in [0.15, 0.2) is 27.3 Å². The van der Waals surface area contributed by atoms with E-state index in [-0.39, 0.29) is 0 Å². The molecule has 0 aromatic heterocycles. The molecule has 0 aliphatic rings. The van der Waals surface area contributed by atoms with E-state index in [1.165, 1.54) is 0 Å². The molecule has 0 heterocycles. The van der Waals surface area contributed by atoms with Gasteiger partial charge in [-0.05, 0) is 54.4 Å². The summed E-state index contributed by atoms with van der Waals surface area (Å²) in [6.45, 7) is 7.04. The third kappa shape index (κ3) is 8.49. The Labute approximate surface area is 155 Å². The standard InChI is InChI=1S/C16H20BrCl2NO3/c1-11(2)20-23-7-4-6-22-16-12(3)9-13(10-14(16)18)21-8-5-15(17)19/h5,9-10H,4,6-8H2,1-3H3/b15-5-. The molecule has 1 aromatic carbocycles. The van der Waals surface area contributed by atoms with Crippen LogP contribution in [0.4, 0.5) is 0 Å². The normalized spacial score (nSPS) is 11.1. The van der Waals surface area contributed by atoms with Crippen molar-refractivity contribution in [3.05, 3.63) is 32.7 Å². The number of benzene rings is 1. The smallest absolute Gasteiger partial charge is 0.141 e. The zero-order valence-electron chi connectivity index (χ0n) is 13.4. The minimum absolute atomic E-state index is 0.356. The van der Waals surface area contributed by atoms with Crippen LogP contribution >= 0.6 is 39.1 Å². The Morgan fingerprint density at radius 1 is 1.26 bits per heavy atom. The number of oxime groups is 1. The summed E-state index contributed by atoms with van der Waals surface area (Å²) >= 11 is 15.0. The fraction of sp³-hybridized carbons (Fsp3) is 0.438. The van der Waals surface area contributed by atoms with Gasteiger partial charge in [-0.25, -0.2) is 0 Å². The van der Waals surface area contributed by atoms with Crippen molar-refractivity contribution in [2.24, 2.45) is 5.16 Å². The lowest BCUT2D eigenvalue weighted by Crippen LogP contribution is -2.03. The van der Waals surface area contributed by atoms with Gasteiger partial charge in [0, 0.05) is 12.5 Å². The molecule has 0 fully saturated rings. The lowest BCUT2D eigenvalue weighted by atomic mass is 10.2. The van der Waals surface area contributed by atoms with Crippen LogP contribution < -0.4 is 9.47 Å². The average Bonchev–Trinajstić information content (AvgIpc) is 2.44. The molecular weight excluding hydrogens is 405 g/mol. The minimum Gasteiger partial charge on any atom is -0.492 e. The molecule has 4 nitrogen and oxygen atoms in total. The highest BCUT2D eigenvalue weighted by molar-refractivity contribution is 9.12. The molecule has 0 spiro atoms. The van der Waals surface area contributed by atoms with Gasteiger partial charge in [-0.3, -0.25) is 0 Å². The highest BCUT2D eigenvalue weighted by Gasteiger charge is 2.09. The van der Waals surface area contributed by atoms with Gasteiger partial charge in [0.1, 0.15) is 24.7 Å². The number of nitrogens with zero attached hydrogens (tertiary/aromatic N) is 1. The maximum Gasteiger partial charge on any atom is 0.141 e. The third-order valence-electron chi connectivity index (χ3n) is 2.56. The van der Waals surface area contributed by atoms with E-state index in [4.69, 9.17) is 37.5 Å². The second-order valence-corrected chi connectivity index (χ2v) is 7.05. The zero-order valence-corrected chi connectivity index (χ0v) is 16.5. The van der Waals surface area contributed by atoms with Crippen LogP contribution in [-0.4, -0.2) is 25.5 Å². The maximum atomic E-state index is 6.25. The minimum atomic E-state index is 0.356. The van der Waals surface area contributed by atoms with Crippen LogP contribution in [0.3, 0.4) is 0 Å². The quantitative estimate of drug-likeness (QED) is 0.290. The number of aryl methyl sites for hydroxylation is 1. The fourth-order valence-electron chi connectivity index (χ4n) is 1.64. The molecule has 0 radical (unpaired) electrons. The molecule has 0 aliphatic heterocycles. The lowest BCUT2D eigenvalue weighted by molar-refractivity contribution is 0.127. The van der Waals surface area contributed by atoms with Gasteiger partial charge in [-0.2, -0.15) is 0 Å². The summed E-state index contributed by atoms with van der Waals surface area (Å²) in [5.74, 6) is 1.32. The lowest BCUT2D eigenvalue weighted by Gasteiger charge is -2.13. The first-order valence-corrected chi connectivity index (χ1v) is 8.65. The van der Waals surface area contributed by atoms with Crippen molar-refractivity contribution in [3.63, 3.8) is 0 Å². The Bertz CT molecular complexity index is 545. The van der Waals surface area contributed by atoms with Gasteiger partial charge in [0.25, 0.3) is 0 Å². The Morgan fingerprint density at radius 2 is 2.00 bits per heavy atom. The van der Waals surface area contributed by atoms with E-state index in [9.17, 15) is 0 Å². The Hall–Kier alpha value is -0.910. The summed E-state index contributed by atoms with van der Waals surface area (Å²) in [4.78, 5) is 5.11. The molecule has 1 rings (SSSR count). The molecule has 0 N–H and O–H groups in total. The predicted molar refractivity (Wildman–Crippen MR) is 99.4 cm³/mol. The summed E-state index contributed by atoms with van der Waals surface area (Å²) in [6.07, 6.45) is 2.43. The van der Waals surface area contributed by atoms with Crippen LogP contribution in [0.1, 0.15) is 25.8 Å². The van der Waals surface area contributed by atoms with Gasteiger partial charge < -0.3 is 14.3 Å².